The first-order chi connectivity index (χ1) is 14.5. The van der Waals surface area contributed by atoms with E-state index in [1.807, 2.05) is 30.3 Å². The Morgan fingerprint density at radius 1 is 1.00 bits per heavy atom. The highest BCUT2D eigenvalue weighted by Gasteiger charge is 2.44. The Morgan fingerprint density at radius 2 is 1.67 bits per heavy atom. The fraction of sp³-hybridized carbons (Fsp3) is 0.364. The summed E-state index contributed by atoms with van der Waals surface area (Å²) in [6.07, 6.45) is 3.39. The van der Waals surface area contributed by atoms with Gasteiger partial charge >= 0.3 is 5.97 Å². The largest absolute Gasteiger partial charge is 0.455 e. The molecule has 0 unspecified atom stereocenters. The lowest BCUT2D eigenvalue weighted by Crippen LogP contribution is -2.38. The number of anilines is 1. The molecule has 0 heterocycles. The van der Waals surface area contributed by atoms with E-state index >= 15 is 0 Å². The maximum absolute atomic E-state index is 12.8. The summed E-state index contributed by atoms with van der Waals surface area (Å²) in [5, 5.41) is 16.4. The van der Waals surface area contributed by atoms with E-state index in [2.05, 4.69) is 10.6 Å². The van der Waals surface area contributed by atoms with E-state index in [9.17, 15) is 19.7 Å². The summed E-state index contributed by atoms with van der Waals surface area (Å²) in [5.41, 5.74) is 1.03. The van der Waals surface area contributed by atoms with Gasteiger partial charge in [-0.3, -0.25) is 19.7 Å². The molecule has 0 aromatic heterocycles. The molecule has 0 radical (unpaired) electrons. The lowest BCUT2D eigenvalue weighted by atomic mass is 9.79. The Kier molecular flexibility index (Phi) is 7.00. The second-order valence-corrected chi connectivity index (χ2v) is 7.31. The van der Waals surface area contributed by atoms with Gasteiger partial charge in [-0.1, -0.05) is 43.2 Å². The predicted molar refractivity (Wildman–Crippen MR) is 112 cm³/mol. The Hall–Kier alpha value is -3.42. The fourth-order valence-corrected chi connectivity index (χ4v) is 3.78. The van der Waals surface area contributed by atoms with Crippen molar-refractivity contribution in [3.63, 3.8) is 0 Å². The van der Waals surface area contributed by atoms with Gasteiger partial charge in [-0.25, -0.2) is 0 Å². The first-order valence-electron chi connectivity index (χ1n) is 9.99. The quantitative estimate of drug-likeness (QED) is 0.284. The number of nitrogens with one attached hydrogen (secondary N) is 2. The number of nitrogens with zero attached hydrogens (tertiary/aromatic N) is 1. The summed E-state index contributed by atoms with van der Waals surface area (Å²) >= 11 is 0. The van der Waals surface area contributed by atoms with Crippen molar-refractivity contribution < 1.29 is 19.2 Å². The van der Waals surface area contributed by atoms with Crippen LogP contribution in [0.1, 0.15) is 31.2 Å². The van der Waals surface area contributed by atoms with Crippen LogP contribution in [0.25, 0.3) is 0 Å². The van der Waals surface area contributed by atoms with Crippen molar-refractivity contribution in [1.29, 1.82) is 0 Å². The number of hydrogen-bond donors (Lipinski definition) is 2. The van der Waals surface area contributed by atoms with E-state index in [1.54, 1.807) is 12.1 Å². The molecular weight excluding hydrogens is 386 g/mol. The molecule has 1 aliphatic rings. The number of carbonyl (C=O) groups excluding carboxylic acids is 2. The minimum Gasteiger partial charge on any atom is -0.455 e. The number of nitro benzene ring substituents is 1. The molecular formula is C22H25N3O5. The third kappa shape index (κ3) is 5.14. The van der Waals surface area contributed by atoms with Crippen molar-refractivity contribution in [2.75, 3.05) is 25.0 Å². The number of non-ortho nitro benzene ring substituents is 1. The lowest BCUT2D eigenvalue weighted by molar-refractivity contribution is -0.384. The molecule has 1 saturated carbocycles. The Morgan fingerprint density at radius 3 is 2.30 bits per heavy atom. The molecule has 2 aromatic carbocycles. The van der Waals surface area contributed by atoms with Crippen LogP contribution in [-0.2, 0) is 19.7 Å². The molecule has 158 valence electrons. The second-order valence-electron chi connectivity index (χ2n) is 7.31. The van der Waals surface area contributed by atoms with E-state index in [0.29, 0.717) is 18.8 Å². The van der Waals surface area contributed by atoms with Crippen LogP contribution in [0.4, 0.5) is 11.4 Å². The number of ether oxygens (including phenoxy) is 1. The molecule has 3 rings (SSSR count). The molecule has 1 aliphatic carbocycles. The topological polar surface area (TPSA) is 111 Å². The van der Waals surface area contributed by atoms with Crippen LogP contribution in [0.5, 0.6) is 0 Å². The second kappa shape index (κ2) is 9.87. The molecule has 8 heteroatoms. The molecule has 0 saturated heterocycles. The number of esters is 1. The fourth-order valence-electron chi connectivity index (χ4n) is 3.78. The number of amides is 1. The zero-order valence-electron chi connectivity index (χ0n) is 16.6. The van der Waals surface area contributed by atoms with Gasteiger partial charge < -0.3 is 15.4 Å². The molecule has 0 aliphatic heterocycles. The summed E-state index contributed by atoms with van der Waals surface area (Å²) in [5.74, 6) is -0.708. The van der Waals surface area contributed by atoms with Gasteiger partial charge in [0.25, 0.3) is 11.6 Å². The Balaban J connectivity index is 1.42. The van der Waals surface area contributed by atoms with Gasteiger partial charge in [0.1, 0.15) is 0 Å². The summed E-state index contributed by atoms with van der Waals surface area (Å²) in [6.45, 7) is 0.452. The zero-order chi connectivity index (χ0) is 21.4. The molecule has 0 bridgehead atoms. The smallest absolute Gasteiger partial charge is 0.317 e. The standard InChI is InChI=1S/C22H25N3O5/c26-20(24-15-14-23-18-8-10-19(11-9-18)25(28)29)16-30-21(27)22(12-4-5-13-22)17-6-2-1-3-7-17/h1-3,6-11,23H,4-5,12-16H2,(H,24,26). The highest BCUT2D eigenvalue weighted by molar-refractivity contribution is 5.86. The maximum Gasteiger partial charge on any atom is 0.317 e. The van der Waals surface area contributed by atoms with E-state index in [1.165, 1.54) is 12.1 Å². The molecule has 2 aromatic rings. The Labute approximate surface area is 174 Å². The summed E-state index contributed by atoms with van der Waals surface area (Å²) in [6, 6.07) is 15.6. The zero-order valence-corrected chi connectivity index (χ0v) is 16.6. The monoisotopic (exact) mass is 411 g/mol. The van der Waals surface area contributed by atoms with Crippen LogP contribution in [0, 0.1) is 10.1 Å². The van der Waals surface area contributed by atoms with Crippen LogP contribution in [0.2, 0.25) is 0 Å². The van der Waals surface area contributed by atoms with Crippen molar-refractivity contribution in [2.45, 2.75) is 31.1 Å². The number of hydrogen-bond acceptors (Lipinski definition) is 6. The van der Waals surface area contributed by atoms with E-state index in [-0.39, 0.29) is 24.2 Å². The summed E-state index contributed by atoms with van der Waals surface area (Å²) in [7, 11) is 0. The van der Waals surface area contributed by atoms with Gasteiger partial charge in [0.15, 0.2) is 6.61 Å². The lowest BCUT2D eigenvalue weighted by Gasteiger charge is -2.27. The number of rotatable bonds is 9. The van der Waals surface area contributed by atoms with Crippen LogP contribution >= 0.6 is 0 Å². The van der Waals surface area contributed by atoms with Gasteiger partial charge in [-0.15, -0.1) is 0 Å². The van der Waals surface area contributed by atoms with Crippen LogP contribution in [0.3, 0.4) is 0 Å². The predicted octanol–water partition coefficient (Wildman–Crippen LogP) is 3.18. The van der Waals surface area contributed by atoms with Gasteiger partial charge in [-0.05, 0) is 30.5 Å². The van der Waals surface area contributed by atoms with Gasteiger partial charge in [0.05, 0.1) is 10.3 Å². The molecule has 0 spiro atoms. The van der Waals surface area contributed by atoms with Crippen molar-refractivity contribution in [1.82, 2.24) is 5.32 Å². The maximum atomic E-state index is 12.8. The molecule has 1 amide bonds. The van der Waals surface area contributed by atoms with Gasteiger partial charge in [-0.2, -0.15) is 0 Å². The van der Waals surface area contributed by atoms with Gasteiger partial charge in [0.2, 0.25) is 0 Å². The Bertz CT molecular complexity index is 877. The van der Waals surface area contributed by atoms with Crippen LogP contribution < -0.4 is 10.6 Å². The molecule has 2 N–H and O–H groups in total. The first kappa shape index (κ1) is 21.3. The van der Waals surface area contributed by atoms with E-state index < -0.39 is 10.3 Å². The highest BCUT2D eigenvalue weighted by Crippen LogP contribution is 2.42. The average Bonchev–Trinajstić information content (AvgIpc) is 3.27. The number of carbonyl (C=O) groups is 2. The van der Waals surface area contributed by atoms with Gasteiger partial charge in [0, 0.05) is 30.9 Å². The third-order valence-corrected chi connectivity index (χ3v) is 5.36. The SMILES string of the molecule is O=C(COC(=O)C1(c2ccccc2)CCCC1)NCCNc1ccc([N+](=O)[O-])cc1. The van der Waals surface area contributed by atoms with E-state index in [4.69, 9.17) is 4.74 Å². The first-order valence-corrected chi connectivity index (χ1v) is 9.99. The molecule has 0 atom stereocenters. The molecule has 1 fully saturated rings. The minimum atomic E-state index is -0.654. The summed E-state index contributed by atoms with van der Waals surface area (Å²) < 4.78 is 5.36. The number of nitro groups is 1. The third-order valence-electron chi connectivity index (χ3n) is 5.36. The van der Waals surface area contributed by atoms with Crippen molar-refractivity contribution in [3.8, 4) is 0 Å². The van der Waals surface area contributed by atoms with Crippen molar-refractivity contribution >= 4 is 23.3 Å². The van der Waals surface area contributed by atoms with Crippen LogP contribution in [0.15, 0.2) is 54.6 Å². The van der Waals surface area contributed by atoms with Crippen molar-refractivity contribution in [2.24, 2.45) is 0 Å². The van der Waals surface area contributed by atoms with E-state index in [0.717, 1.165) is 31.2 Å². The van der Waals surface area contributed by atoms with Crippen molar-refractivity contribution in [3.05, 3.63) is 70.3 Å². The normalized spacial score (nSPS) is 14.7. The summed E-state index contributed by atoms with van der Waals surface area (Å²) in [4.78, 5) is 35.0. The minimum absolute atomic E-state index is 0.0196. The average molecular weight is 411 g/mol. The highest BCUT2D eigenvalue weighted by atomic mass is 16.6. The molecule has 8 nitrogen and oxygen atoms in total. The van der Waals surface area contributed by atoms with Crippen LogP contribution in [-0.4, -0.2) is 36.5 Å². The number of benzene rings is 2. The molecule has 30 heavy (non-hydrogen) atoms.